The summed E-state index contributed by atoms with van der Waals surface area (Å²) >= 11 is 6.33. The molecule has 1 amide bonds. The molecule has 0 heterocycles. The predicted octanol–water partition coefficient (Wildman–Crippen LogP) is 6.48. The molecule has 0 saturated heterocycles. The van der Waals surface area contributed by atoms with Gasteiger partial charge in [0.25, 0.3) is 15.9 Å². The monoisotopic (exact) mass is 519 g/mol. The second-order valence-corrected chi connectivity index (χ2v) is 10.5. The van der Waals surface area contributed by atoms with E-state index < -0.39 is 15.9 Å². The summed E-state index contributed by atoms with van der Waals surface area (Å²) in [6.07, 6.45) is 1.29. The molecule has 0 unspecified atom stereocenters. The van der Waals surface area contributed by atoms with Gasteiger partial charge in [-0.25, -0.2) is 8.42 Å². The van der Waals surface area contributed by atoms with Crippen molar-refractivity contribution in [3.63, 3.8) is 0 Å². The van der Waals surface area contributed by atoms with E-state index in [1.165, 1.54) is 31.4 Å². The highest BCUT2D eigenvalue weighted by molar-refractivity contribution is 7.93. The van der Waals surface area contributed by atoms with Crippen molar-refractivity contribution in [3.05, 3.63) is 124 Å². The van der Waals surface area contributed by atoms with Crippen molar-refractivity contribution in [1.29, 1.82) is 0 Å². The number of aryl methyl sites for hydroxylation is 3. The number of anilines is 1. The number of benzene rings is 4. The number of hydrogen-bond acceptors (Lipinski definition) is 4. The summed E-state index contributed by atoms with van der Waals surface area (Å²) in [5, 5.41) is 0.198. The highest BCUT2D eigenvalue weighted by atomic mass is 35.5. The third-order valence-corrected chi connectivity index (χ3v) is 7.91. The topological polar surface area (TPSA) is 63.7 Å². The van der Waals surface area contributed by atoms with E-state index in [9.17, 15) is 13.2 Å². The lowest BCUT2D eigenvalue weighted by molar-refractivity contribution is 0.100. The summed E-state index contributed by atoms with van der Waals surface area (Å²) in [5.74, 6) is -0.274. The molecular weight excluding hydrogens is 494 g/mol. The van der Waals surface area contributed by atoms with E-state index in [-0.39, 0.29) is 15.6 Å². The Morgan fingerprint density at radius 1 is 0.861 bits per heavy atom. The molecule has 0 N–H and O–H groups in total. The maximum absolute atomic E-state index is 14.0. The molecule has 0 aliphatic rings. The molecule has 4 aromatic rings. The Hall–Kier alpha value is -3.61. The fourth-order valence-electron chi connectivity index (χ4n) is 3.94. The molecule has 7 heteroatoms. The molecule has 0 aliphatic carbocycles. The van der Waals surface area contributed by atoms with Gasteiger partial charge in [-0.2, -0.15) is 4.31 Å². The summed E-state index contributed by atoms with van der Waals surface area (Å²) in [7, 11) is -2.79. The zero-order valence-corrected chi connectivity index (χ0v) is 21.6. The van der Waals surface area contributed by atoms with Crippen LogP contribution in [0.25, 0.3) is 0 Å². The van der Waals surface area contributed by atoms with Gasteiger partial charge >= 0.3 is 0 Å². The molecule has 0 radical (unpaired) electrons. The highest BCUT2D eigenvalue weighted by Gasteiger charge is 2.33. The number of ether oxygens (including phenoxy) is 1. The molecule has 5 nitrogen and oxygen atoms in total. The second-order valence-electron chi connectivity index (χ2n) is 8.35. The SMILES string of the molecule is COc1ccc(N(C(=O)c2ccccc2CCc2ccccc2)S(=O)(=O)c2ccc(C)cc2)cc1Cl. The molecule has 0 aliphatic heterocycles. The van der Waals surface area contributed by atoms with Crippen LogP contribution in [0.2, 0.25) is 5.02 Å². The third-order valence-electron chi connectivity index (χ3n) is 5.89. The van der Waals surface area contributed by atoms with Crippen LogP contribution in [0.4, 0.5) is 5.69 Å². The lowest BCUT2D eigenvalue weighted by Crippen LogP contribution is -2.37. The molecule has 0 bridgehead atoms. The molecule has 36 heavy (non-hydrogen) atoms. The van der Waals surface area contributed by atoms with Gasteiger partial charge in [0.05, 0.1) is 22.7 Å². The Bertz CT molecular complexity index is 1470. The lowest BCUT2D eigenvalue weighted by Gasteiger charge is -2.24. The van der Waals surface area contributed by atoms with E-state index in [0.717, 1.165) is 21.0 Å². The van der Waals surface area contributed by atoms with Gasteiger partial charge in [-0.05, 0) is 67.3 Å². The summed E-state index contributed by atoms with van der Waals surface area (Å²) in [6.45, 7) is 1.87. The van der Waals surface area contributed by atoms with Gasteiger partial charge in [-0.15, -0.1) is 0 Å². The number of amides is 1. The molecule has 0 fully saturated rings. The Kier molecular flexibility index (Phi) is 7.77. The van der Waals surface area contributed by atoms with Crippen molar-refractivity contribution >= 4 is 33.2 Å². The summed E-state index contributed by atoms with van der Waals surface area (Å²) in [4.78, 5) is 14.0. The zero-order chi connectivity index (χ0) is 25.7. The van der Waals surface area contributed by atoms with Crippen molar-refractivity contribution in [2.45, 2.75) is 24.7 Å². The zero-order valence-electron chi connectivity index (χ0n) is 20.0. The fraction of sp³-hybridized carbons (Fsp3) is 0.138. The van der Waals surface area contributed by atoms with Gasteiger partial charge in [0.1, 0.15) is 5.75 Å². The predicted molar refractivity (Wildman–Crippen MR) is 143 cm³/mol. The van der Waals surface area contributed by atoms with E-state index >= 15 is 0 Å². The fourth-order valence-corrected chi connectivity index (χ4v) is 5.59. The van der Waals surface area contributed by atoms with Crippen LogP contribution in [0.3, 0.4) is 0 Å². The average Bonchev–Trinajstić information content (AvgIpc) is 2.88. The van der Waals surface area contributed by atoms with Crippen LogP contribution in [0.15, 0.2) is 102 Å². The summed E-state index contributed by atoms with van der Waals surface area (Å²) < 4.78 is 33.7. The smallest absolute Gasteiger partial charge is 0.272 e. The summed E-state index contributed by atoms with van der Waals surface area (Å²) in [6, 6.07) is 27.9. The van der Waals surface area contributed by atoms with Crippen molar-refractivity contribution in [2.24, 2.45) is 0 Å². The molecule has 0 saturated carbocycles. The Morgan fingerprint density at radius 2 is 1.53 bits per heavy atom. The first-order valence-corrected chi connectivity index (χ1v) is 13.2. The molecular formula is C29H26ClNO4S. The van der Waals surface area contributed by atoms with Gasteiger partial charge in [0, 0.05) is 5.56 Å². The number of halogens is 1. The van der Waals surface area contributed by atoms with Gasteiger partial charge < -0.3 is 4.74 Å². The minimum absolute atomic E-state index is 0.00940. The maximum atomic E-state index is 14.0. The van der Waals surface area contributed by atoms with Crippen molar-refractivity contribution < 1.29 is 17.9 Å². The first kappa shape index (κ1) is 25.5. The Morgan fingerprint density at radius 3 is 2.19 bits per heavy atom. The van der Waals surface area contributed by atoms with Crippen molar-refractivity contribution in [2.75, 3.05) is 11.4 Å². The van der Waals surface area contributed by atoms with Crippen LogP contribution in [0, 0.1) is 6.92 Å². The van der Waals surface area contributed by atoms with Gasteiger partial charge in [0.15, 0.2) is 0 Å². The molecule has 0 spiro atoms. The number of rotatable bonds is 8. The average molecular weight is 520 g/mol. The molecule has 4 rings (SSSR count). The van der Waals surface area contributed by atoms with E-state index in [0.29, 0.717) is 24.2 Å². The quantitative estimate of drug-likeness (QED) is 0.267. The van der Waals surface area contributed by atoms with E-state index in [4.69, 9.17) is 16.3 Å². The van der Waals surface area contributed by atoms with Crippen LogP contribution in [-0.2, 0) is 22.9 Å². The van der Waals surface area contributed by atoms with Crippen LogP contribution < -0.4 is 9.04 Å². The number of carbonyl (C=O) groups excluding carboxylic acids is 1. The third kappa shape index (κ3) is 5.45. The minimum atomic E-state index is -4.25. The van der Waals surface area contributed by atoms with Crippen LogP contribution in [0.1, 0.15) is 27.0 Å². The van der Waals surface area contributed by atoms with Crippen LogP contribution in [0.5, 0.6) is 5.75 Å². The van der Waals surface area contributed by atoms with Crippen molar-refractivity contribution in [1.82, 2.24) is 0 Å². The minimum Gasteiger partial charge on any atom is -0.495 e. The Balaban J connectivity index is 1.79. The second kappa shape index (κ2) is 11.0. The van der Waals surface area contributed by atoms with Crippen LogP contribution >= 0.6 is 11.6 Å². The van der Waals surface area contributed by atoms with Crippen LogP contribution in [-0.4, -0.2) is 21.4 Å². The molecule has 184 valence electrons. The largest absolute Gasteiger partial charge is 0.495 e. The Labute approximate surface area is 217 Å². The first-order valence-electron chi connectivity index (χ1n) is 11.4. The van der Waals surface area contributed by atoms with Gasteiger partial charge in [-0.3, -0.25) is 4.79 Å². The normalized spacial score (nSPS) is 11.2. The van der Waals surface area contributed by atoms with Gasteiger partial charge in [-0.1, -0.05) is 77.8 Å². The van der Waals surface area contributed by atoms with E-state index in [2.05, 4.69) is 0 Å². The first-order chi connectivity index (χ1) is 17.3. The highest BCUT2D eigenvalue weighted by Crippen LogP contribution is 2.33. The number of methoxy groups -OCH3 is 1. The van der Waals surface area contributed by atoms with E-state index in [1.54, 1.807) is 30.3 Å². The number of hydrogen-bond donors (Lipinski definition) is 0. The maximum Gasteiger partial charge on any atom is 0.272 e. The number of nitrogens with zero attached hydrogens (tertiary/aromatic N) is 1. The van der Waals surface area contributed by atoms with Crippen molar-refractivity contribution in [3.8, 4) is 5.75 Å². The standard InChI is InChI=1S/C29H26ClNO4S/c1-21-12-17-25(18-13-21)36(33,34)31(24-16-19-28(35-2)27(30)20-24)29(32)26-11-7-6-10-23(26)15-14-22-8-4-3-5-9-22/h3-13,16-20H,14-15H2,1-2H3. The summed E-state index contributed by atoms with van der Waals surface area (Å²) in [5.41, 5.74) is 3.24. The van der Waals surface area contributed by atoms with E-state index in [1.807, 2.05) is 49.4 Å². The molecule has 4 aromatic carbocycles. The lowest BCUT2D eigenvalue weighted by atomic mass is 9.99. The molecule has 0 atom stereocenters. The number of carbonyl (C=O) groups is 1. The molecule has 0 aromatic heterocycles. The van der Waals surface area contributed by atoms with Gasteiger partial charge in [0.2, 0.25) is 0 Å². The number of sulfonamides is 1.